The van der Waals surface area contributed by atoms with Gasteiger partial charge in [0, 0.05) is 0 Å². The van der Waals surface area contributed by atoms with Gasteiger partial charge in [0.25, 0.3) is 0 Å². The van der Waals surface area contributed by atoms with Crippen LogP contribution in [-0.2, 0) is 6.42 Å². The highest BCUT2D eigenvalue weighted by Crippen LogP contribution is 2.20. The van der Waals surface area contributed by atoms with Gasteiger partial charge in [0.05, 0.1) is 10.4 Å². The largest absolute Gasteiger partial charge is 0.492 e. The number of hydrogen-bond acceptors (Lipinski definition) is 3. The van der Waals surface area contributed by atoms with Crippen molar-refractivity contribution in [3.63, 3.8) is 0 Å². The Balaban J connectivity index is 2.49. The molecule has 56 valence electrons. The third-order valence-electron chi connectivity index (χ3n) is 1.38. The van der Waals surface area contributed by atoms with Crippen LogP contribution in [0.2, 0.25) is 0 Å². The van der Waals surface area contributed by atoms with E-state index in [0.717, 1.165) is 24.1 Å². The third-order valence-corrected chi connectivity index (χ3v) is 2.26. The van der Waals surface area contributed by atoms with Crippen molar-refractivity contribution in [1.82, 2.24) is 4.98 Å². The molecule has 0 fully saturated rings. The molecule has 0 spiro atoms. The van der Waals surface area contributed by atoms with Crippen LogP contribution >= 0.6 is 11.3 Å². The molecule has 0 aliphatic heterocycles. The second-order valence-corrected chi connectivity index (χ2v) is 3.14. The standard InChI is InChI=1S/C7H11NOS/c1-2-3-4-6-7(9)8-5-10-6/h5,9H,2-4H2,1H3. The lowest BCUT2D eigenvalue weighted by molar-refractivity contribution is 0.450. The Kier molecular flexibility index (Phi) is 2.68. The van der Waals surface area contributed by atoms with Gasteiger partial charge in [-0.2, -0.15) is 0 Å². The van der Waals surface area contributed by atoms with E-state index in [4.69, 9.17) is 5.11 Å². The topological polar surface area (TPSA) is 33.1 Å². The molecule has 3 heteroatoms. The molecular formula is C7H11NOS. The van der Waals surface area contributed by atoms with Crippen LogP contribution in [0.25, 0.3) is 0 Å². The molecule has 0 radical (unpaired) electrons. The van der Waals surface area contributed by atoms with Crippen molar-refractivity contribution in [2.24, 2.45) is 0 Å². The lowest BCUT2D eigenvalue weighted by Crippen LogP contribution is -1.79. The molecule has 2 nitrogen and oxygen atoms in total. The van der Waals surface area contributed by atoms with Crippen LogP contribution in [0.5, 0.6) is 5.88 Å². The predicted octanol–water partition coefficient (Wildman–Crippen LogP) is 2.19. The number of aryl methyl sites for hydroxylation is 1. The summed E-state index contributed by atoms with van der Waals surface area (Å²) in [4.78, 5) is 4.76. The number of aromatic nitrogens is 1. The lowest BCUT2D eigenvalue weighted by atomic mass is 10.2. The predicted molar refractivity (Wildman–Crippen MR) is 42.4 cm³/mol. The Morgan fingerprint density at radius 3 is 3.00 bits per heavy atom. The Morgan fingerprint density at radius 2 is 2.50 bits per heavy atom. The summed E-state index contributed by atoms with van der Waals surface area (Å²) in [5.41, 5.74) is 1.68. The second-order valence-electron chi connectivity index (χ2n) is 2.20. The van der Waals surface area contributed by atoms with Crippen LogP contribution in [0.3, 0.4) is 0 Å². The molecule has 1 rings (SSSR count). The van der Waals surface area contributed by atoms with Crippen LogP contribution in [0.4, 0.5) is 0 Å². The average Bonchev–Trinajstić information content (AvgIpc) is 2.31. The van der Waals surface area contributed by atoms with E-state index in [0.29, 0.717) is 0 Å². The van der Waals surface area contributed by atoms with Crippen LogP contribution in [0, 0.1) is 0 Å². The number of rotatable bonds is 3. The number of thiazole rings is 1. The van der Waals surface area contributed by atoms with E-state index in [1.165, 1.54) is 11.3 Å². The zero-order valence-corrected chi connectivity index (χ0v) is 6.82. The summed E-state index contributed by atoms with van der Waals surface area (Å²) in [6.07, 6.45) is 3.26. The lowest BCUT2D eigenvalue weighted by Gasteiger charge is -1.92. The molecule has 1 aromatic heterocycles. The SMILES string of the molecule is CCCCc1scnc1O. The van der Waals surface area contributed by atoms with Crippen LogP contribution in [-0.4, -0.2) is 10.1 Å². The summed E-state index contributed by atoms with van der Waals surface area (Å²) in [6, 6.07) is 0. The van der Waals surface area contributed by atoms with Crippen LogP contribution in [0.15, 0.2) is 5.51 Å². The molecule has 0 aromatic carbocycles. The number of hydrogen-bond donors (Lipinski definition) is 1. The van der Waals surface area contributed by atoms with Gasteiger partial charge in [0.15, 0.2) is 0 Å². The first kappa shape index (κ1) is 7.54. The average molecular weight is 157 g/mol. The van der Waals surface area contributed by atoms with Gasteiger partial charge in [-0.1, -0.05) is 13.3 Å². The molecule has 0 unspecified atom stereocenters. The minimum Gasteiger partial charge on any atom is -0.492 e. The monoisotopic (exact) mass is 157 g/mol. The molecule has 0 amide bonds. The molecule has 0 saturated carbocycles. The van der Waals surface area contributed by atoms with E-state index in [-0.39, 0.29) is 5.88 Å². The zero-order valence-electron chi connectivity index (χ0n) is 6.00. The third kappa shape index (κ3) is 1.70. The van der Waals surface area contributed by atoms with Gasteiger partial charge in [-0.25, -0.2) is 4.98 Å². The first-order valence-corrected chi connectivity index (χ1v) is 4.34. The molecule has 0 aliphatic rings. The Morgan fingerprint density at radius 1 is 1.70 bits per heavy atom. The van der Waals surface area contributed by atoms with E-state index >= 15 is 0 Å². The van der Waals surface area contributed by atoms with E-state index < -0.39 is 0 Å². The number of nitrogens with zero attached hydrogens (tertiary/aromatic N) is 1. The molecule has 0 saturated heterocycles. The summed E-state index contributed by atoms with van der Waals surface area (Å²) in [7, 11) is 0. The Bertz CT molecular complexity index is 197. The Labute approximate surface area is 64.5 Å². The summed E-state index contributed by atoms with van der Waals surface area (Å²) in [5.74, 6) is 0.221. The van der Waals surface area contributed by atoms with Gasteiger partial charge in [-0.05, 0) is 12.8 Å². The van der Waals surface area contributed by atoms with Crippen molar-refractivity contribution in [3.05, 3.63) is 10.4 Å². The van der Waals surface area contributed by atoms with E-state index in [1.807, 2.05) is 0 Å². The first-order valence-electron chi connectivity index (χ1n) is 3.46. The fraction of sp³-hybridized carbons (Fsp3) is 0.571. The Hall–Kier alpha value is -0.570. The van der Waals surface area contributed by atoms with E-state index in [1.54, 1.807) is 5.51 Å². The summed E-state index contributed by atoms with van der Waals surface area (Å²) in [5, 5.41) is 9.08. The van der Waals surface area contributed by atoms with Crippen LogP contribution in [0.1, 0.15) is 24.6 Å². The minimum atomic E-state index is 0.221. The van der Waals surface area contributed by atoms with Gasteiger partial charge in [-0.15, -0.1) is 11.3 Å². The van der Waals surface area contributed by atoms with Crippen molar-refractivity contribution < 1.29 is 5.11 Å². The zero-order chi connectivity index (χ0) is 7.40. The molecular weight excluding hydrogens is 146 g/mol. The van der Waals surface area contributed by atoms with Gasteiger partial charge >= 0.3 is 0 Å². The van der Waals surface area contributed by atoms with Crippen LogP contribution < -0.4 is 0 Å². The highest BCUT2D eigenvalue weighted by Gasteiger charge is 2.01. The maximum atomic E-state index is 9.08. The van der Waals surface area contributed by atoms with Crippen molar-refractivity contribution in [1.29, 1.82) is 0 Å². The fourth-order valence-corrected chi connectivity index (χ4v) is 1.47. The molecule has 10 heavy (non-hydrogen) atoms. The molecule has 1 heterocycles. The molecule has 0 atom stereocenters. The number of unbranched alkanes of at least 4 members (excludes halogenated alkanes) is 1. The highest BCUT2D eigenvalue weighted by molar-refractivity contribution is 7.09. The molecule has 0 aliphatic carbocycles. The first-order chi connectivity index (χ1) is 4.84. The summed E-state index contributed by atoms with van der Waals surface area (Å²) < 4.78 is 0. The van der Waals surface area contributed by atoms with Crippen molar-refractivity contribution in [3.8, 4) is 5.88 Å². The quantitative estimate of drug-likeness (QED) is 0.729. The maximum absolute atomic E-state index is 9.08. The molecule has 1 N–H and O–H groups in total. The minimum absolute atomic E-state index is 0.221. The highest BCUT2D eigenvalue weighted by atomic mass is 32.1. The van der Waals surface area contributed by atoms with Gasteiger partial charge < -0.3 is 5.11 Å². The fourth-order valence-electron chi connectivity index (χ4n) is 0.773. The summed E-state index contributed by atoms with van der Waals surface area (Å²) in [6.45, 7) is 2.14. The van der Waals surface area contributed by atoms with E-state index in [9.17, 15) is 0 Å². The van der Waals surface area contributed by atoms with Crippen molar-refractivity contribution in [2.45, 2.75) is 26.2 Å². The smallest absolute Gasteiger partial charge is 0.225 e. The molecule has 0 bridgehead atoms. The van der Waals surface area contributed by atoms with Gasteiger partial charge in [-0.3, -0.25) is 0 Å². The van der Waals surface area contributed by atoms with Crippen molar-refractivity contribution in [2.75, 3.05) is 0 Å². The van der Waals surface area contributed by atoms with Crippen molar-refractivity contribution >= 4 is 11.3 Å². The van der Waals surface area contributed by atoms with Gasteiger partial charge in [0.2, 0.25) is 5.88 Å². The van der Waals surface area contributed by atoms with Gasteiger partial charge in [0.1, 0.15) is 0 Å². The normalized spacial score (nSPS) is 10.1. The maximum Gasteiger partial charge on any atom is 0.225 e. The summed E-state index contributed by atoms with van der Waals surface area (Å²) >= 11 is 1.53. The molecule has 1 aromatic rings. The number of aromatic hydroxyl groups is 1. The van der Waals surface area contributed by atoms with E-state index in [2.05, 4.69) is 11.9 Å². The second kappa shape index (κ2) is 3.56.